The van der Waals surface area contributed by atoms with Gasteiger partial charge in [0, 0.05) is 6.08 Å². The molecule has 0 saturated carbocycles. The lowest BCUT2D eigenvalue weighted by Crippen LogP contribution is -2.49. The fourth-order valence-electron chi connectivity index (χ4n) is 1.73. The highest BCUT2D eigenvalue weighted by molar-refractivity contribution is 7.86. The molecule has 0 unspecified atom stereocenters. The molecule has 24 heavy (non-hydrogen) atoms. The van der Waals surface area contributed by atoms with E-state index in [1.165, 1.54) is 13.2 Å². The molecule has 0 aromatic rings. The van der Waals surface area contributed by atoms with E-state index in [0.717, 1.165) is 12.3 Å². The third-order valence-electron chi connectivity index (χ3n) is 2.66. The molecule has 0 aliphatic carbocycles. The quantitative estimate of drug-likeness (QED) is 0.415. The Morgan fingerprint density at radius 3 is 2.08 bits per heavy atom. The molecule has 0 spiro atoms. The van der Waals surface area contributed by atoms with Crippen LogP contribution < -0.4 is 5.32 Å². The van der Waals surface area contributed by atoms with E-state index in [2.05, 4.69) is 10.1 Å². The Bertz CT molecular complexity index is 561. The summed E-state index contributed by atoms with van der Waals surface area (Å²) < 4.78 is 37.6. The summed E-state index contributed by atoms with van der Waals surface area (Å²) in [5.41, 5.74) is -0.708. The molecule has 0 aliphatic heterocycles. The zero-order valence-corrected chi connectivity index (χ0v) is 16.0. The highest BCUT2D eigenvalue weighted by Crippen LogP contribution is 2.15. The second-order valence-corrected chi connectivity index (χ2v) is 8.16. The predicted octanol–water partition coefficient (Wildman–Crippen LogP) is 1.61. The van der Waals surface area contributed by atoms with E-state index in [1.54, 1.807) is 34.6 Å². The Labute approximate surface area is 143 Å². The van der Waals surface area contributed by atoms with Crippen LogP contribution in [0.15, 0.2) is 12.2 Å². The van der Waals surface area contributed by atoms with Gasteiger partial charge in [0.25, 0.3) is 10.1 Å². The van der Waals surface area contributed by atoms with Crippen LogP contribution in [0.4, 0.5) is 4.79 Å². The van der Waals surface area contributed by atoms with Crippen molar-refractivity contribution in [3.8, 4) is 0 Å². The molecule has 8 nitrogen and oxygen atoms in total. The fourth-order valence-corrected chi connectivity index (χ4v) is 2.31. The van der Waals surface area contributed by atoms with Gasteiger partial charge in [-0.3, -0.25) is 4.18 Å². The summed E-state index contributed by atoms with van der Waals surface area (Å²) in [4.78, 5) is 23.2. The number of carbonyl (C=O) groups is 2. The van der Waals surface area contributed by atoms with Gasteiger partial charge in [0.15, 0.2) is 0 Å². The minimum atomic E-state index is -3.82. The lowest BCUT2D eigenvalue weighted by atomic mass is 9.98. The van der Waals surface area contributed by atoms with Crippen LogP contribution in [0.5, 0.6) is 0 Å². The molecule has 0 bridgehead atoms. The average molecular weight is 365 g/mol. The van der Waals surface area contributed by atoms with E-state index in [4.69, 9.17) is 8.92 Å². The zero-order chi connectivity index (χ0) is 19.1. The van der Waals surface area contributed by atoms with Gasteiger partial charge in [-0.15, -0.1) is 0 Å². The maximum absolute atomic E-state index is 12.0. The van der Waals surface area contributed by atoms with Crippen molar-refractivity contribution in [2.24, 2.45) is 5.92 Å². The predicted molar refractivity (Wildman–Crippen MR) is 88.9 cm³/mol. The number of alkyl carbamates (subject to hydrolysis) is 1. The number of nitrogens with one attached hydrogen (secondary N) is 1. The number of amides is 1. The Hall–Kier alpha value is -1.61. The van der Waals surface area contributed by atoms with E-state index in [-0.39, 0.29) is 5.92 Å². The normalized spacial score (nSPS) is 15.2. The first-order valence-electron chi connectivity index (χ1n) is 7.39. The molecule has 0 radical (unpaired) electrons. The van der Waals surface area contributed by atoms with Crippen molar-refractivity contribution in [3.63, 3.8) is 0 Å². The summed E-state index contributed by atoms with van der Waals surface area (Å²) >= 11 is 0. The van der Waals surface area contributed by atoms with Gasteiger partial charge in [-0.25, -0.2) is 9.59 Å². The summed E-state index contributed by atoms with van der Waals surface area (Å²) in [6.07, 6.45) is 1.36. The molecular weight excluding hydrogens is 338 g/mol. The van der Waals surface area contributed by atoms with Crippen LogP contribution in [-0.4, -0.2) is 51.6 Å². The Morgan fingerprint density at radius 1 is 1.17 bits per heavy atom. The topological polar surface area (TPSA) is 108 Å². The standard InChI is InChI=1S/C15H27NO7S/c1-10(2)13(16-14(18)22-15(3,4)5)11(23-24(7,19)20)8-9-12(17)21-6/h8-11,13H,1-7H3,(H,16,18)/b9-8+/t11-,13+/m1/s1. The lowest BCUT2D eigenvalue weighted by Gasteiger charge is -2.29. The third kappa shape index (κ3) is 10.2. The number of hydrogen-bond acceptors (Lipinski definition) is 7. The fraction of sp³-hybridized carbons (Fsp3) is 0.733. The molecule has 2 atom stereocenters. The van der Waals surface area contributed by atoms with E-state index in [0.29, 0.717) is 0 Å². The van der Waals surface area contributed by atoms with Gasteiger partial charge < -0.3 is 14.8 Å². The van der Waals surface area contributed by atoms with Crippen LogP contribution in [0, 0.1) is 5.92 Å². The summed E-state index contributed by atoms with van der Waals surface area (Å²) in [5.74, 6) is -0.872. The first-order chi connectivity index (χ1) is 10.7. The largest absolute Gasteiger partial charge is 0.466 e. The maximum atomic E-state index is 12.0. The maximum Gasteiger partial charge on any atom is 0.407 e. The third-order valence-corrected chi connectivity index (χ3v) is 3.24. The van der Waals surface area contributed by atoms with Gasteiger partial charge in [0.1, 0.15) is 11.7 Å². The molecule has 9 heteroatoms. The van der Waals surface area contributed by atoms with E-state index >= 15 is 0 Å². The molecule has 1 amide bonds. The first-order valence-corrected chi connectivity index (χ1v) is 9.20. The van der Waals surface area contributed by atoms with Crippen molar-refractivity contribution in [2.75, 3.05) is 13.4 Å². The smallest absolute Gasteiger partial charge is 0.407 e. The van der Waals surface area contributed by atoms with Crippen LogP contribution >= 0.6 is 0 Å². The van der Waals surface area contributed by atoms with Crippen molar-refractivity contribution < 1.29 is 31.7 Å². The van der Waals surface area contributed by atoms with Crippen LogP contribution in [-0.2, 0) is 28.6 Å². The number of carbonyl (C=O) groups excluding carboxylic acids is 2. The molecule has 0 aromatic heterocycles. The van der Waals surface area contributed by atoms with Crippen LogP contribution in [0.1, 0.15) is 34.6 Å². The van der Waals surface area contributed by atoms with Crippen molar-refractivity contribution in [2.45, 2.75) is 52.4 Å². The molecule has 0 aromatic carbocycles. The summed E-state index contributed by atoms with van der Waals surface area (Å²) in [5, 5.41) is 2.58. The molecule has 0 aliphatic rings. The molecule has 0 rings (SSSR count). The van der Waals surface area contributed by atoms with Gasteiger partial charge in [-0.1, -0.05) is 13.8 Å². The van der Waals surface area contributed by atoms with Gasteiger partial charge in [-0.05, 0) is 32.8 Å². The second kappa shape index (κ2) is 9.03. The number of methoxy groups -OCH3 is 1. The van der Waals surface area contributed by atoms with Crippen molar-refractivity contribution in [1.29, 1.82) is 0 Å². The molecule has 140 valence electrons. The summed E-state index contributed by atoms with van der Waals surface area (Å²) in [6.45, 7) is 8.66. The monoisotopic (exact) mass is 365 g/mol. The van der Waals surface area contributed by atoms with Gasteiger partial charge in [0.2, 0.25) is 0 Å². The molecule has 0 fully saturated rings. The summed E-state index contributed by atoms with van der Waals surface area (Å²) in [7, 11) is -2.63. The highest BCUT2D eigenvalue weighted by atomic mass is 32.2. The minimum Gasteiger partial charge on any atom is -0.466 e. The second-order valence-electron chi connectivity index (χ2n) is 6.56. The van der Waals surface area contributed by atoms with Gasteiger partial charge >= 0.3 is 12.1 Å². The highest BCUT2D eigenvalue weighted by Gasteiger charge is 2.30. The van der Waals surface area contributed by atoms with E-state index < -0.39 is 39.9 Å². The molecule has 1 N–H and O–H groups in total. The van der Waals surface area contributed by atoms with E-state index in [1.807, 2.05) is 0 Å². The van der Waals surface area contributed by atoms with Crippen molar-refractivity contribution >= 4 is 22.2 Å². The molecular formula is C15H27NO7S. The van der Waals surface area contributed by atoms with Crippen molar-refractivity contribution in [3.05, 3.63) is 12.2 Å². The SMILES string of the molecule is COC(=O)/C=C/[C@@H](OS(C)(=O)=O)[C@@H](NC(=O)OC(C)(C)C)C(C)C. The first kappa shape index (κ1) is 22.4. The van der Waals surface area contributed by atoms with Gasteiger partial charge in [0.05, 0.1) is 19.4 Å². The number of esters is 1. The van der Waals surface area contributed by atoms with Gasteiger partial charge in [-0.2, -0.15) is 8.42 Å². The van der Waals surface area contributed by atoms with E-state index in [9.17, 15) is 18.0 Å². The average Bonchev–Trinajstić information content (AvgIpc) is 2.36. The molecule has 0 heterocycles. The van der Waals surface area contributed by atoms with Crippen LogP contribution in [0.3, 0.4) is 0 Å². The minimum absolute atomic E-state index is 0.202. The number of hydrogen-bond donors (Lipinski definition) is 1. The Morgan fingerprint density at radius 2 is 1.71 bits per heavy atom. The Kier molecular flexibility index (Phi) is 8.42. The summed E-state index contributed by atoms with van der Waals surface area (Å²) in [6, 6.07) is -0.740. The molecule has 0 saturated heterocycles. The number of rotatable bonds is 7. The lowest BCUT2D eigenvalue weighted by molar-refractivity contribution is -0.134. The number of ether oxygens (including phenoxy) is 2. The zero-order valence-electron chi connectivity index (χ0n) is 15.2. The Balaban J connectivity index is 5.41. The van der Waals surface area contributed by atoms with Crippen LogP contribution in [0.2, 0.25) is 0 Å². The van der Waals surface area contributed by atoms with Crippen LogP contribution in [0.25, 0.3) is 0 Å². The van der Waals surface area contributed by atoms with Crippen molar-refractivity contribution in [1.82, 2.24) is 5.32 Å².